The van der Waals surface area contributed by atoms with Crippen molar-refractivity contribution in [1.82, 2.24) is 0 Å². The molecule has 4 heteroatoms. The Bertz CT molecular complexity index is 355. The van der Waals surface area contributed by atoms with E-state index in [1.165, 1.54) is 14.2 Å². The molecule has 1 rings (SSSR count). The van der Waals surface area contributed by atoms with Gasteiger partial charge in [0.1, 0.15) is 0 Å². The summed E-state index contributed by atoms with van der Waals surface area (Å²) in [7, 11) is 2.99. The molecule has 1 aromatic rings. The Morgan fingerprint density at radius 1 is 1.38 bits per heavy atom. The summed E-state index contributed by atoms with van der Waals surface area (Å²) >= 11 is 0. The molecule has 90 valence electrons. The van der Waals surface area contributed by atoms with Crippen molar-refractivity contribution in [3.05, 3.63) is 29.1 Å². The van der Waals surface area contributed by atoms with Gasteiger partial charge < -0.3 is 15.2 Å². The molecule has 1 aromatic carbocycles. The van der Waals surface area contributed by atoms with Crippen LogP contribution < -0.4 is 10.5 Å². The van der Waals surface area contributed by atoms with E-state index in [0.717, 1.165) is 5.56 Å². The summed E-state index contributed by atoms with van der Waals surface area (Å²) in [4.78, 5) is 0. The number of hydrogen-bond acceptors (Lipinski definition) is 3. The molecule has 2 N–H and O–H groups in total. The highest BCUT2D eigenvalue weighted by Crippen LogP contribution is 2.31. The van der Waals surface area contributed by atoms with Gasteiger partial charge in [0.15, 0.2) is 11.6 Å². The first-order valence-electron chi connectivity index (χ1n) is 5.20. The van der Waals surface area contributed by atoms with E-state index in [0.29, 0.717) is 12.1 Å². The van der Waals surface area contributed by atoms with Crippen LogP contribution in [-0.4, -0.2) is 20.8 Å². The molecular weight excluding hydrogens is 209 g/mol. The molecule has 1 unspecified atom stereocenters. The standard InChI is InChI=1S/C12H18FNO2/c1-8(6-14)10-5-4-9(7-15-2)11(13)12(10)16-3/h4-5,8H,6-7,14H2,1-3H3. The molecule has 0 aliphatic heterocycles. The van der Waals surface area contributed by atoms with Crippen LogP contribution in [0.2, 0.25) is 0 Å². The molecule has 0 saturated heterocycles. The Balaban J connectivity index is 3.18. The van der Waals surface area contributed by atoms with Gasteiger partial charge in [-0.2, -0.15) is 0 Å². The van der Waals surface area contributed by atoms with E-state index in [2.05, 4.69) is 0 Å². The van der Waals surface area contributed by atoms with Gasteiger partial charge in [-0.15, -0.1) is 0 Å². The molecule has 0 aliphatic carbocycles. The zero-order valence-corrected chi connectivity index (χ0v) is 9.92. The number of methoxy groups -OCH3 is 2. The molecule has 0 saturated carbocycles. The van der Waals surface area contributed by atoms with Crippen LogP contribution in [0.1, 0.15) is 24.0 Å². The Morgan fingerprint density at radius 3 is 2.56 bits per heavy atom. The van der Waals surface area contributed by atoms with E-state index < -0.39 is 0 Å². The average Bonchev–Trinajstić information content (AvgIpc) is 2.30. The summed E-state index contributed by atoms with van der Waals surface area (Å²) < 4.78 is 24.0. The first kappa shape index (κ1) is 12.9. The monoisotopic (exact) mass is 227 g/mol. The highest BCUT2D eigenvalue weighted by molar-refractivity contribution is 5.41. The fraction of sp³-hybridized carbons (Fsp3) is 0.500. The quantitative estimate of drug-likeness (QED) is 0.837. The number of rotatable bonds is 5. The van der Waals surface area contributed by atoms with Gasteiger partial charge in [0.05, 0.1) is 13.7 Å². The third-order valence-corrected chi connectivity index (χ3v) is 2.60. The second-order valence-corrected chi connectivity index (χ2v) is 3.73. The lowest BCUT2D eigenvalue weighted by Crippen LogP contribution is -2.11. The zero-order chi connectivity index (χ0) is 12.1. The SMILES string of the molecule is COCc1ccc(C(C)CN)c(OC)c1F. The van der Waals surface area contributed by atoms with Crippen LogP contribution in [0.4, 0.5) is 4.39 Å². The van der Waals surface area contributed by atoms with E-state index in [1.807, 2.05) is 13.0 Å². The minimum Gasteiger partial charge on any atom is -0.493 e. The molecule has 16 heavy (non-hydrogen) atoms. The molecule has 0 bridgehead atoms. The topological polar surface area (TPSA) is 44.5 Å². The number of ether oxygens (including phenoxy) is 2. The van der Waals surface area contributed by atoms with Crippen LogP contribution in [0.5, 0.6) is 5.75 Å². The van der Waals surface area contributed by atoms with Gasteiger partial charge in [-0.05, 0) is 12.5 Å². The Labute approximate surface area is 95.4 Å². The average molecular weight is 227 g/mol. The minimum atomic E-state index is -0.359. The maximum absolute atomic E-state index is 14.0. The zero-order valence-electron chi connectivity index (χ0n) is 9.92. The summed E-state index contributed by atoms with van der Waals surface area (Å²) in [6.07, 6.45) is 0. The van der Waals surface area contributed by atoms with Gasteiger partial charge in [0.2, 0.25) is 0 Å². The van der Waals surface area contributed by atoms with E-state index >= 15 is 0 Å². The normalized spacial score (nSPS) is 12.6. The lowest BCUT2D eigenvalue weighted by atomic mass is 9.98. The molecular formula is C12H18FNO2. The Morgan fingerprint density at radius 2 is 2.06 bits per heavy atom. The summed E-state index contributed by atoms with van der Waals surface area (Å²) in [6.45, 7) is 2.63. The Kier molecular flexibility index (Phi) is 4.71. The van der Waals surface area contributed by atoms with Crippen molar-refractivity contribution in [3.63, 3.8) is 0 Å². The predicted octanol–water partition coefficient (Wildman–Crippen LogP) is 2.04. The smallest absolute Gasteiger partial charge is 0.170 e. The summed E-state index contributed by atoms with van der Waals surface area (Å²) in [5, 5.41) is 0. The van der Waals surface area contributed by atoms with E-state index in [4.69, 9.17) is 15.2 Å². The third kappa shape index (κ3) is 2.51. The van der Waals surface area contributed by atoms with Crippen molar-refractivity contribution >= 4 is 0 Å². The van der Waals surface area contributed by atoms with E-state index in [1.54, 1.807) is 6.07 Å². The molecule has 0 heterocycles. The molecule has 0 aliphatic rings. The fourth-order valence-corrected chi connectivity index (χ4v) is 1.60. The molecule has 0 radical (unpaired) electrons. The third-order valence-electron chi connectivity index (χ3n) is 2.60. The van der Waals surface area contributed by atoms with Crippen LogP contribution in [0.25, 0.3) is 0 Å². The molecule has 0 aromatic heterocycles. The van der Waals surface area contributed by atoms with Crippen LogP contribution in [-0.2, 0) is 11.3 Å². The van der Waals surface area contributed by atoms with Crippen LogP contribution in [0, 0.1) is 5.82 Å². The van der Waals surface area contributed by atoms with Crippen molar-refractivity contribution in [1.29, 1.82) is 0 Å². The van der Waals surface area contributed by atoms with Crippen LogP contribution in [0.3, 0.4) is 0 Å². The first-order valence-corrected chi connectivity index (χ1v) is 5.20. The Hall–Kier alpha value is -1.13. The molecule has 0 amide bonds. The fourth-order valence-electron chi connectivity index (χ4n) is 1.60. The lowest BCUT2D eigenvalue weighted by molar-refractivity contribution is 0.180. The van der Waals surface area contributed by atoms with Crippen molar-refractivity contribution < 1.29 is 13.9 Å². The first-order chi connectivity index (χ1) is 7.65. The molecule has 3 nitrogen and oxygen atoms in total. The summed E-state index contributed by atoms with van der Waals surface area (Å²) in [6, 6.07) is 3.55. The lowest BCUT2D eigenvalue weighted by Gasteiger charge is -2.16. The largest absolute Gasteiger partial charge is 0.493 e. The van der Waals surface area contributed by atoms with Crippen LogP contribution in [0.15, 0.2) is 12.1 Å². The van der Waals surface area contributed by atoms with Crippen molar-refractivity contribution in [2.45, 2.75) is 19.4 Å². The van der Waals surface area contributed by atoms with Gasteiger partial charge in [-0.25, -0.2) is 4.39 Å². The number of halogens is 1. The van der Waals surface area contributed by atoms with Crippen LogP contribution >= 0.6 is 0 Å². The summed E-state index contributed by atoms with van der Waals surface area (Å²) in [5.41, 5.74) is 6.86. The summed E-state index contributed by atoms with van der Waals surface area (Å²) in [5.74, 6) is -0.0179. The van der Waals surface area contributed by atoms with Gasteiger partial charge in [-0.1, -0.05) is 19.1 Å². The number of benzene rings is 1. The number of nitrogens with two attached hydrogens (primary N) is 1. The van der Waals surface area contributed by atoms with Gasteiger partial charge in [-0.3, -0.25) is 0 Å². The second kappa shape index (κ2) is 5.82. The minimum absolute atomic E-state index is 0.0704. The number of hydrogen-bond donors (Lipinski definition) is 1. The highest BCUT2D eigenvalue weighted by Gasteiger charge is 2.17. The van der Waals surface area contributed by atoms with Crippen molar-refractivity contribution in [2.75, 3.05) is 20.8 Å². The second-order valence-electron chi connectivity index (χ2n) is 3.73. The van der Waals surface area contributed by atoms with Gasteiger partial charge in [0, 0.05) is 18.2 Å². The molecule has 0 spiro atoms. The molecule has 0 fully saturated rings. The maximum atomic E-state index is 14.0. The highest BCUT2D eigenvalue weighted by atomic mass is 19.1. The van der Waals surface area contributed by atoms with E-state index in [9.17, 15) is 4.39 Å². The van der Waals surface area contributed by atoms with Gasteiger partial charge >= 0.3 is 0 Å². The van der Waals surface area contributed by atoms with Crippen molar-refractivity contribution in [2.24, 2.45) is 5.73 Å². The predicted molar refractivity (Wildman–Crippen MR) is 61.1 cm³/mol. The van der Waals surface area contributed by atoms with E-state index in [-0.39, 0.29) is 24.1 Å². The van der Waals surface area contributed by atoms with Crippen molar-refractivity contribution in [3.8, 4) is 5.75 Å². The maximum Gasteiger partial charge on any atom is 0.170 e. The van der Waals surface area contributed by atoms with Gasteiger partial charge in [0.25, 0.3) is 0 Å². The molecule has 1 atom stereocenters.